The van der Waals surface area contributed by atoms with E-state index < -0.39 is 0 Å². The second kappa shape index (κ2) is 3.64. The Morgan fingerprint density at radius 3 is 2.72 bits per heavy atom. The van der Waals surface area contributed by atoms with Crippen LogP contribution in [0.5, 0.6) is 0 Å². The van der Waals surface area contributed by atoms with Gasteiger partial charge in [-0.05, 0) is 30.2 Å². The number of hydrogen-bond acceptors (Lipinski definition) is 1. The summed E-state index contributed by atoms with van der Waals surface area (Å²) in [4.78, 5) is 2.31. The summed E-state index contributed by atoms with van der Waals surface area (Å²) in [6.07, 6.45) is 3.29. The molecular formula is C16H13N2. The first kappa shape index (κ1) is 9.77. The molecule has 2 aliphatic rings. The minimum Gasteiger partial charge on any atom is -0.326 e. The van der Waals surface area contributed by atoms with Gasteiger partial charge in [0.05, 0.1) is 5.69 Å². The Labute approximate surface area is 107 Å². The van der Waals surface area contributed by atoms with E-state index in [1.807, 2.05) is 6.07 Å². The normalized spacial score (nSPS) is 16.0. The third-order valence-electron chi connectivity index (χ3n) is 3.62. The molecule has 0 atom stereocenters. The van der Waals surface area contributed by atoms with Crippen LogP contribution in [0.15, 0.2) is 54.4 Å². The number of hydrogen-bond donors (Lipinski definition) is 0. The predicted octanol–water partition coefficient (Wildman–Crippen LogP) is 3.30. The van der Waals surface area contributed by atoms with Gasteiger partial charge in [0.2, 0.25) is 0 Å². The molecule has 0 N–H and O–H groups in total. The molecule has 2 heterocycles. The van der Waals surface area contributed by atoms with Crippen molar-refractivity contribution >= 4 is 17.5 Å². The number of fused-ring (bicyclic) bond motifs is 2. The van der Waals surface area contributed by atoms with Gasteiger partial charge in [-0.2, -0.15) is 0 Å². The van der Waals surface area contributed by atoms with Gasteiger partial charge < -0.3 is 4.90 Å². The molecule has 0 aliphatic carbocycles. The Morgan fingerprint density at radius 1 is 0.944 bits per heavy atom. The topological polar surface area (TPSA) is 17.3 Å². The number of rotatable bonds is 1. The van der Waals surface area contributed by atoms with Gasteiger partial charge in [-0.15, -0.1) is 0 Å². The van der Waals surface area contributed by atoms with E-state index in [0.29, 0.717) is 0 Å². The fourth-order valence-electron chi connectivity index (χ4n) is 2.72. The quantitative estimate of drug-likeness (QED) is 0.738. The zero-order chi connectivity index (χ0) is 11.9. The molecule has 0 fully saturated rings. The van der Waals surface area contributed by atoms with Crippen LogP contribution >= 0.6 is 0 Å². The van der Waals surface area contributed by atoms with E-state index in [1.165, 1.54) is 16.8 Å². The Morgan fingerprint density at radius 2 is 1.78 bits per heavy atom. The maximum Gasteiger partial charge on any atom is 0.134 e. The van der Waals surface area contributed by atoms with E-state index in [-0.39, 0.29) is 0 Å². The first-order valence-electron chi connectivity index (χ1n) is 6.30. The summed E-state index contributed by atoms with van der Waals surface area (Å²) in [5, 5.41) is 4.72. The predicted molar refractivity (Wildman–Crippen MR) is 73.7 cm³/mol. The fraction of sp³-hybridized carbons (Fsp3) is 0.125. The Bertz CT molecular complexity index is 643. The summed E-state index contributed by atoms with van der Waals surface area (Å²) in [7, 11) is 0. The highest BCUT2D eigenvalue weighted by Crippen LogP contribution is 2.35. The number of anilines is 1. The van der Waals surface area contributed by atoms with Crippen molar-refractivity contribution in [3.8, 4) is 0 Å². The van der Waals surface area contributed by atoms with Gasteiger partial charge in [-0.3, -0.25) is 0 Å². The summed E-state index contributed by atoms with van der Waals surface area (Å²) < 4.78 is 0. The van der Waals surface area contributed by atoms with Crippen molar-refractivity contribution < 1.29 is 0 Å². The minimum atomic E-state index is 1.03. The van der Waals surface area contributed by atoms with Gasteiger partial charge in [-0.25, -0.2) is 5.32 Å². The van der Waals surface area contributed by atoms with E-state index in [0.717, 1.165) is 24.5 Å². The van der Waals surface area contributed by atoms with Crippen molar-refractivity contribution in [1.82, 2.24) is 5.32 Å². The zero-order valence-corrected chi connectivity index (χ0v) is 10.0. The lowest BCUT2D eigenvalue weighted by Crippen LogP contribution is -2.22. The van der Waals surface area contributed by atoms with Crippen molar-refractivity contribution in [2.75, 3.05) is 11.4 Å². The van der Waals surface area contributed by atoms with Crippen LogP contribution in [0.2, 0.25) is 0 Å². The van der Waals surface area contributed by atoms with Crippen LogP contribution in [0, 0.1) is 0 Å². The smallest absolute Gasteiger partial charge is 0.134 e. The molecule has 2 aliphatic heterocycles. The number of para-hydroxylation sites is 2. The SMILES string of the molecule is C1=C(N2CCc3ccccc32)[N]c2ccccc21. The Kier molecular flexibility index (Phi) is 1.97. The molecule has 87 valence electrons. The molecule has 2 aromatic carbocycles. The van der Waals surface area contributed by atoms with Crippen LogP contribution in [0.1, 0.15) is 11.1 Å². The lowest BCUT2D eigenvalue weighted by molar-refractivity contribution is 0.889. The molecule has 0 saturated carbocycles. The third kappa shape index (κ3) is 1.35. The highest BCUT2D eigenvalue weighted by Gasteiger charge is 2.25. The van der Waals surface area contributed by atoms with Crippen LogP contribution < -0.4 is 10.2 Å². The van der Waals surface area contributed by atoms with Gasteiger partial charge >= 0.3 is 0 Å². The molecule has 0 amide bonds. The molecule has 2 heteroatoms. The summed E-state index contributed by atoms with van der Waals surface area (Å²) in [5.74, 6) is 1.07. The largest absolute Gasteiger partial charge is 0.326 e. The summed E-state index contributed by atoms with van der Waals surface area (Å²) in [5.41, 5.74) is 5.03. The highest BCUT2D eigenvalue weighted by molar-refractivity contribution is 5.76. The van der Waals surface area contributed by atoms with E-state index in [9.17, 15) is 0 Å². The van der Waals surface area contributed by atoms with Crippen LogP contribution in [0.25, 0.3) is 6.08 Å². The molecule has 2 aromatic rings. The average molecular weight is 233 g/mol. The molecule has 18 heavy (non-hydrogen) atoms. The first-order valence-corrected chi connectivity index (χ1v) is 6.30. The van der Waals surface area contributed by atoms with Crippen molar-refractivity contribution in [3.05, 3.63) is 65.5 Å². The molecule has 0 unspecified atom stereocenters. The maximum absolute atomic E-state index is 4.72. The second-order valence-corrected chi connectivity index (χ2v) is 4.70. The van der Waals surface area contributed by atoms with Crippen molar-refractivity contribution in [1.29, 1.82) is 0 Å². The summed E-state index contributed by atoms with van der Waals surface area (Å²) >= 11 is 0. The standard InChI is InChI=1S/C16H13N2/c1-3-7-14-13(6-1)11-16(17-14)18-10-9-12-5-2-4-8-15(12)18/h1-8,11H,9-10H2. The molecule has 0 bridgehead atoms. The lowest BCUT2D eigenvalue weighted by Gasteiger charge is -2.19. The highest BCUT2D eigenvalue weighted by atomic mass is 15.3. The maximum atomic E-state index is 4.72. The Hall–Kier alpha value is -2.22. The van der Waals surface area contributed by atoms with E-state index in [4.69, 9.17) is 5.32 Å². The van der Waals surface area contributed by atoms with Gasteiger partial charge in [0.15, 0.2) is 0 Å². The van der Waals surface area contributed by atoms with Gasteiger partial charge in [0.25, 0.3) is 0 Å². The van der Waals surface area contributed by atoms with Crippen molar-refractivity contribution in [2.45, 2.75) is 6.42 Å². The fourth-order valence-corrected chi connectivity index (χ4v) is 2.72. The van der Waals surface area contributed by atoms with Crippen LogP contribution in [0.4, 0.5) is 11.4 Å². The van der Waals surface area contributed by atoms with Crippen molar-refractivity contribution in [2.24, 2.45) is 0 Å². The zero-order valence-electron chi connectivity index (χ0n) is 10.0. The minimum absolute atomic E-state index is 1.03. The number of benzene rings is 2. The van der Waals surface area contributed by atoms with Crippen LogP contribution in [0.3, 0.4) is 0 Å². The van der Waals surface area contributed by atoms with E-state index in [1.54, 1.807) is 0 Å². The molecule has 0 saturated heterocycles. The van der Waals surface area contributed by atoms with E-state index >= 15 is 0 Å². The van der Waals surface area contributed by atoms with Crippen molar-refractivity contribution in [3.63, 3.8) is 0 Å². The van der Waals surface area contributed by atoms with Crippen LogP contribution in [-0.2, 0) is 6.42 Å². The molecule has 2 nitrogen and oxygen atoms in total. The first-order chi connectivity index (χ1) is 8.92. The molecule has 4 rings (SSSR count). The monoisotopic (exact) mass is 233 g/mol. The molecule has 0 spiro atoms. The summed E-state index contributed by atoms with van der Waals surface area (Å²) in [6.45, 7) is 1.03. The third-order valence-corrected chi connectivity index (χ3v) is 3.62. The molecule has 0 aromatic heterocycles. The van der Waals surface area contributed by atoms with Gasteiger partial charge in [0, 0.05) is 17.8 Å². The average Bonchev–Trinajstić information content (AvgIpc) is 3.02. The lowest BCUT2D eigenvalue weighted by atomic mass is 10.2. The van der Waals surface area contributed by atoms with E-state index in [2.05, 4.69) is 53.4 Å². The Balaban J connectivity index is 1.72. The van der Waals surface area contributed by atoms with Gasteiger partial charge in [-0.1, -0.05) is 36.4 Å². The second-order valence-electron chi connectivity index (χ2n) is 4.70. The summed E-state index contributed by atoms with van der Waals surface area (Å²) in [6, 6.07) is 16.9. The number of nitrogens with zero attached hydrogens (tertiary/aromatic N) is 2. The molecule has 1 radical (unpaired) electrons. The van der Waals surface area contributed by atoms with Crippen LogP contribution in [-0.4, -0.2) is 6.54 Å². The van der Waals surface area contributed by atoms with Gasteiger partial charge in [0.1, 0.15) is 5.82 Å². The molecular weight excluding hydrogens is 220 g/mol.